The number of ketones is 1. The van der Waals surface area contributed by atoms with Crippen LogP contribution < -0.4 is 9.47 Å². The molecule has 1 N–H and O–H groups in total. The van der Waals surface area contributed by atoms with Gasteiger partial charge in [-0.3, -0.25) is 4.79 Å². The van der Waals surface area contributed by atoms with Gasteiger partial charge in [0, 0.05) is 28.2 Å². The average molecular weight is 281 g/mol. The molecule has 2 aromatic carbocycles. The van der Waals surface area contributed by atoms with Crippen molar-refractivity contribution in [1.29, 1.82) is 0 Å². The molecule has 0 spiro atoms. The third-order valence-electron chi connectivity index (χ3n) is 3.47. The molecule has 0 saturated carbocycles. The van der Waals surface area contributed by atoms with E-state index >= 15 is 0 Å². The summed E-state index contributed by atoms with van der Waals surface area (Å²) >= 11 is 0. The fourth-order valence-electron chi connectivity index (χ4n) is 2.33. The number of H-pyrrole nitrogens is 1. The van der Waals surface area contributed by atoms with Crippen molar-refractivity contribution in [3.05, 3.63) is 59.8 Å². The van der Waals surface area contributed by atoms with Gasteiger partial charge < -0.3 is 14.5 Å². The van der Waals surface area contributed by atoms with Crippen LogP contribution in [-0.4, -0.2) is 25.0 Å². The summed E-state index contributed by atoms with van der Waals surface area (Å²) in [5.41, 5.74) is 2.12. The maximum atomic E-state index is 12.7. The molecule has 0 amide bonds. The first-order valence-electron chi connectivity index (χ1n) is 6.57. The number of rotatable bonds is 4. The second-order valence-electron chi connectivity index (χ2n) is 4.67. The third kappa shape index (κ3) is 2.36. The largest absolute Gasteiger partial charge is 0.497 e. The second-order valence-corrected chi connectivity index (χ2v) is 4.67. The van der Waals surface area contributed by atoms with Gasteiger partial charge >= 0.3 is 0 Å². The number of carbonyl (C=O) groups excluding carboxylic acids is 1. The molecule has 3 aromatic rings. The maximum Gasteiger partial charge on any atom is 0.195 e. The first-order chi connectivity index (χ1) is 10.2. The molecule has 4 heteroatoms. The number of fused-ring (bicyclic) bond motifs is 1. The maximum absolute atomic E-state index is 12.7. The lowest BCUT2D eigenvalue weighted by atomic mass is 10.0. The molecule has 0 aliphatic heterocycles. The van der Waals surface area contributed by atoms with Gasteiger partial charge in [-0.1, -0.05) is 12.1 Å². The van der Waals surface area contributed by atoms with E-state index in [0.29, 0.717) is 16.9 Å². The van der Waals surface area contributed by atoms with E-state index in [0.717, 1.165) is 16.7 Å². The minimum absolute atomic E-state index is 0.0478. The van der Waals surface area contributed by atoms with Crippen molar-refractivity contribution in [3.63, 3.8) is 0 Å². The van der Waals surface area contributed by atoms with Gasteiger partial charge in [0.25, 0.3) is 0 Å². The molecule has 0 bridgehead atoms. The van der Waals surface area contributed by atoms with Gasteiger partial charge in [-0.2, -0.15) is 0 Å². The SMILES string of the molecule is COc1cccc(C(=O)c2c[nH]c3ccc(OC)cc23)c1. The summed E-state index contributed by atoms with van der Waals surface area (Å²) in [4.78, 5) is 15.8. The van der Waals surface area contributed by atoms with Crippen LogP contribution in [0.5, 0.6) is 11.5 Å². The minimum atomic E-state index is -0.0478. The predicted octanol–water partition coefficient (Wildman–Crippen LogP) is 3.42. The van der Waals surface area contributed by atoms with Gasteiger partial charge in [-0.25, -0.2) is 0 Å². The Bertz CT molecular complexity index is 805. The van der Waals surface area contributed by atoms with Crippen LogP contribution in [0.4, 0.5) is 0 Å². The van der Waals surface area contributed by atoms with E-state index in [2.05, 4.69) is 4.98 Å². The molecule has 0 radical (unpaired) electrons. The molecule has 21 heavy (non-hydrogen) atoms. The number of aromatic amines is 1. The zero-order valence-electron chi connectivity index (χ0n) is 11.8. The van der Waals surface area contributed by atoms with Crippen LogP contribution >= 0.6 is 0 Å². The molecule has 4 nitrogen and oxygen atoms in total. The van der Waals surface area contributed by atoms with Gasteiger partial charge in [0.05, 0.1) is 14.2 Å². The van der Waals surface area contributed by atoms with E-state index in [1.807, 2.05) is 30.3 Å². The summed E-state index contributed by atoms with van der Waals surface area (Å²) in [5, 5.41) is 0.849. The Hall–Kier alpha value is -2.75. The smallest absolute Gasteiger partial charge is 0.195 e. The number of nitrogens with one attached hydrogen (secondary N) is 1. The van der Waals surface area contributed by atoms with Gasteiger partial charge in [0.15, 0.2) is 5.78 Å². The van der Waals surface area contributed by atoms with E-state index in [4.69, 9.17) is 9.47 Å². The highest BCUT2D eigenvalue weighted by Gasteiger charge is 2.15. The normalized spacial score (nSPS) is 10.6. The molecule has 0 atom stereocenters. The highest BCUT2D eigenvalue weighted by atomic mass is 16.5. The van der Waals surface area contributed by atoms with Crippen molar-refractivity contribution in [2.24, 2.45) is 0 Å². The molecule has 0 aliphatic rings. The molecule has 106 valence electrons. The number of hydrogen-bond donors (Lipinski definition) is 1. The number of methoxy groups -OCH3 is 2. The van der Waals surface area contributed by atoms with Crippen LogP contribution in [0.15, 0.2) is 48.7 Å². The Labute approximate surface area is 122 Å². The number of benzene rings is 2. The Kier molecular flexibility index (Phi) is 3.36. The number of aromatic nitrogens is 1. The van der Waals surface area contributed by atoms with Gasteiger partial charge in [-0.05, 0) is 30.3 Å². The van der Waals surface area contributed by atoms with Crippen LogP contribution in [0.3, 0.4) is 0 Å². The summed E-state index contributed by atoms with van der Waals surface area (Å²) in [5.74, 6) is 1.34. The molecular weight excluding hydrogens is 266 g/mol. The Balaban J connectivity index is 2.08. The van der Waals surface area contributed by atoms with Crippen molar-refractivity contribution in [1.82, 2.24) is 4.98 Å². The van der Waals surface area contributed by atoms with E-state index < -0.39 is 0 Å². The summed E-state index contributed by atoms with van der Waals surface area (Å²) in [6, 6.07) is 12.8. The van der Waals surface area contributed by atoms with Crippen LogP contribution in [0.1, 0.15) is 15.9 Å². The molecule has 0 unspecified atom stereocenters. The predicted molar refractivity (Wildman–Crippen MR) is 81.3 cm³/mol. The van der Waals surface area contributed by atoms with E-state index in [9.17, 15) is 4.79 Å². The van der Waals surface area contributed by atoms with Crippen LogP contribution in [0.25, 0.3) is 10.9 Å². The van der Waals surface area contributed by atoms with E-state index in [1.54, 1.807) is 32.5 Å². The molecule has 0 fully saturated rings. The van der Waals surface area contributed by atoms with Gasteiger partial charge in [0.2, 0.25) is 0 Å². The third-order valence-corrected chi connectivity index (χ3v) is 3.47. The fourth-order valence-corrected chi connectivity index (χ4v) is 2.33. The summed E-state index contributed by atoms with van der Waals surface area (Å²) in [6.07, 6.45) is 1.73. The van der Waals surface area contributed by atoms with Crippen molar-refractivity contribution < 1.29 is 14.3 Å². The van der Waals surface area contributed by atoms with Crippen LogP contribution in [-0.2, 0) is 0 Å². The van der Waals surface area contributed by atoms with Gasteiger partial charge in [0.1, 0.15) is 11.5 Å². The number of carbonyl (C=O) groups is 1. The molecular formula is C17H15NO3. The summed E-state index contributed by atoms with van der Waals surface area (Å²) < 4.78 is 10.4. The fraction of sp³-hybridized carbons (Fsp3) is 0.118. The first kappa shape index (κ1) is 13.2. The van der Waals surface area contributed by atoms with Crippen LogP contribution in [0.2, 0.25) is 0 Å². The summed E-state index contributed by atoms with van der Waals surface area (Å²) in [7, 11) is 3.19. The lowest BCUT2D eigenvalue weighted by Crippen LogP contribution is -2.00. The van der Waals surface area contributed by atoms with Crippen molar-refractivity contribution in [2.45, 2.75) is 0 Å². The Morgan fingerprint density at radius 1 is 1.00 bits per heavy atom. The standard InChI is InChI=1S/C17H15NO3/c1-20-12-5-3-4-11(8-12)17(19)15-10-18-16-7-6-13(21-2)9-14(15)16/h3-10,18H,1-2H3. The van der Waals surface area contributed by atoms with Crippen LogP contribution in [0, 0.1) is 0 Å². The van der Waals surface area contributed by atoms with E-state index in [-0.39, 0.29) is 5.78 Å². The second kappa shape index (κ2) is 5.32. The highest BCUT2D eigenvalue weighted by Crippen LogP contribution is 2.26. The first-order valence-corrected chi connectivity index (χ1v) is 6.57. The molecule has 1 aromatic heterocycles. The topological polar surface area (TPSA) is 51.3 Å². The lowest BCUT2D eigenvalue weighted by Gasteiger charge is -2.04. The van der Waals surface area contributed by atoms with Crippen molar-refractivity contribution >= 4 is 16.7 Å². The summed E-state index contributed by atoms with van der Waals surface area (Å²) in [6.45, 7) is 0. The molecule has 0 saturated heterocycles. The molecule has 3 rings (SSSR count). The quantitative estimate of drug-likeness (QED) is 0.745. The molecule has 1 heterocycles. The number of ether oxygens (including phenoxy) is 2. The molecule has 0 aliphatic carbocycles. The Morgan fingerprint density at radius 2 is 1.76 bits per heavy atom. The minimum Gasteiger partial charge on any atom is -0.497 e. The highest BCUT2D eigenvalue weighted by molar-refractivity contribution is 6.16. The Morgan fingerprint density at radius 3 is 2.52 bits per heavy atom. The zero-order chi connectivity index (χ0) is 14.8. The monoisotopic (exact) mass is 281 g/mol. The van der Waals surface area contributed by atoms with Crippen molar-refractivity contribution in [2.75, 3.05) is 14.2 Å². The zero-order valence-corrected chi connectivity index (χ0v) is 11.8. The number of hydrogen-bond acceptors (Lipinski definition) is 3. The average Bonchev–Trinajstić information content (AvgIpc) is 2.97. The van der Waals surface area contributed by atoms with Gasteiger partial charge in [-0.15, -0.1) is 0 Å². The van der Waals surface area contributed by atoms with Crippen molar-refractivity contribution in [3.8, 4) is 11.5 Å². The lowest BCUT2D eigenvalue weighted by molar-refractivity contribution is 0.104. The van der Waals surface area contributed by atoms with E-state index in [1.165, 1.54) is 0 Å².